The van der Waals surface area contributed by atoms with Crippen molar-refractivity contribution in [3.63, 3.8) is 0 Å². The topological polar surface area (TPSA) is 65.1 Å². The Balaban J connectivity index is 1.44. The Morgan fingerprint density at radius 3 is 1.60 bits per heavy atom. The van der Waals surface area contributed by atoms with Crippen molar-refractivity contribution in [1.82, 2.24) is 4.90 Å². The summed E-state index contributed by atoms with van der Waals surface area (Å²) in [5, 5.41) is 2.03. The van der Waals surface area contributed by atoms with Crippen LogP contribution in [0.4, 0.5) is 4.79 Å². The molecule has 1 aliphatic heterocycles. The van der Waals surface area contributed by atoms with Crippen molar-refractivity contribution in [2.24, 2.45) is 0 Å². The average molecular weight is 594 g/mol. The molecule has 0 aliphatic carbocycles. The van der Waals surface area contributed by atoms with Gasteiger partial charge in [0.05, 0.1) is 6.10 Å². The Morgan fingerprint density at radius 2 is 1.14 bits per heavy atom. The molecule has 222 valence electrons. The molecule has 0 radical (unpaired) electrons. The Morgan fingerprint density at radius 1 is 0.698 bits per heavy atom. The van der Waals surface area contributed by atoms with Crippen LogP contribution in [0.5, 0.6) is 0 Å². The van der Waals surface area contributed by atoms with Gasteiger partial charge in [-0.3, -0.25) is 4.90 Å². The zero-order chi connectivity index (χ0) is 30.3. The van der Waals surface area contributed by atoms with Crippen molar-refractivity contribution in [3.05, 3.63) is 132 Å². The molecule has 1 saturated heterocycles. The van der Waals surface area contributed by atoms with E-state index in [1.54, 1.807) is 0 Å². The highest BCUT2D eigenvalue weighted by Crippen LogP contribution is 2.39. The van der Waals surface area contributed by atoms with E-state index in [0.29, 0.717) is 6.42 Å². The molecule has 1 amide bonds. The maximum atomic E-state index is 13.5. The van der Waals surface area contributed by atoms with Gasteiger partial charge in [-0.15, -0.1) is 0 Å². The summed E-state index contributed by atoms with van der Waals surface area (Å²) in [6, 6.07) is 39.0. The molecule has 43 heavy (non-hydrogen) atoms. The fourth-order valence-electron chi connectivity index (χ4n) is 5.88. The molecule has 4 aromatic carbocycles. The number of esters is 1. The minimum atomic E-state index is -2.92. The van der Waals surface area contributed by atoms with E-state index in [0.717, 1.165) is 21.5 Å². The van der Waals surface area contributed by atoms with Crippen LogP contribution in [-0.4, -0.2) is 44.0 Å². The first kappa shape index (κ1) is 30.3. The molecule has 5 rings (SSSR count). The molecule has 0 bridgehead atoms. The van der Waals surface area contributed by atoms with Gasteiger partial charge in [0.2, 0.25) is 0 Å². The van der Waals surface area contributed by atoms with Crippen LogP contribution in [-0.2, 0) is 31.9 Å². The third kappa shape index (κ3) is 6.90. The summed E-state index contributed by atoms with van der Waals surface area (Å²) in [5.74, 6) is -0.464. The highest BCUT2D eigenvalue weighted by atomic mass is 28.4. The molecule has 1 aliphatic rings. The van der Waals surface area contributed by atoms with Crippen molar-refractivity contribution >= 4 is 30.8 Å². The van der Waals surface area contributed by atoms with Crippen LogP contribution in [0.3, 0.4) is 0 Å². The number of carbonyl (C=O) groups excluding carboxylic acids is 2. The van der Waals surface area contributed by atoms with Gasteiger partial charge in [0.25, 0.3) is 8.32 Å². The highest BCUT2D eigenvalue weighted by molar-refractivity contribution is 6.99. The number of hydrogen-bond donors (Lipinski definition) is 0. The first-order valence-corrected chi connectivity index (χ1v) is 16.7. The summed E-state index contributed by atoms with van der Waals surface area (Å²) in [7, 11) is -2.92. The molecule has 0 spiro atoms. The zero-order valence-electron chi connectivity index (χ0n) is 25.0. The number of benzene rings is 4. The van der Waals surface area contributed by atoms with Gasteiger partial charge < -0.3 is 13.9 Å². The standard InChI is InChI=1S/C36H39NO5Si/c1-36(2,3)43(31-20-12-6-13-21-31,32-22-14-7-15-23-32)42-30-24-33(34(38)40-26-28-16-8-4-9-17-28)37(25-30)35(39)41-27-29-18-10-5-11-19-29/h4-23,30,33H,24-27H2,1-3H3/t30-,33-/m1/s1. The predicted molar refractivity (Wildman–Crippen MR) is 170 cm³/mol. The summed E-state index contributed by atoms with van der Waals surface area (Å²) in [5.41, 5.74) is 1.76. The van der Waals surface area contributed by atoms with Crippen LogP contribution < -0.4 is 10.4 Å². The van der Waals surface area contributed by atoms with Crippen molar-refractivity contribution in [2.45, 2.75) is 57.6 Å². The largest absolute Gasteiger partial charge is 0.459 e. The van der Waals surface area contributed by atoms with Crippen LogP contribution in [0, 0.1) is 0 Å². The maximum Gasteiger partial charge on any atom is 0.410 e. The van der Waals surface area contributed by atoms with Gasteiger partial charge in [-0.05, 0) is 26.5 Å². The Kier molecular flexibility index (Phi) is 9.43. The van der Waals surface area contributed by atoms with E-state index in [2.05, 4.69) is 45.0 Å². The number of hydrogen-bond acceptors (Lipinski definition) is 5. The van der Waals surface area contributed by atoms with E-state index in [-0.39, 0.29) is 24.8 Å². The summed E-state index contributed by atoms with van der Waals surface area (Å²) in [6.07, 6.45) is -0.637. The molecule has 0 aromatic heterocycles. The van der Waals surface area contributed by atoms with E-state index in [9.17, 15) is 9.59 Å². The van der Waals surface area contributed by atoms with Crippen molar-refractivity contribution in [3.8, 4) is 0 Å². The lowest BCUT2D eigenvalue weighted by molar-refractivity contribution is -0.149. The molecule has 1 heterocycles. The second kappa shape index (κ2) is 13.4. The average Bonchev–Trinajstić information content (AvgIpc) is 3.46. The first-order valence-electron chi connectivity index (χ1n) is 14.7. The SMILES string of the molecule is CC(C)(C)[Si](O[C@@H]1C[C@H](C(=O)OCc2ccccc2)N(C(=O)OCc2ccccc2)C1)(c1ccccc1)c1ccccc1. The molecular weight excluding hydrogens is 554 g/mol. The smallest absolute Gasteiger partial charge is 0.410 e. The molecule has 6 nitrogen and oxygen atoms in total. The molecule has 0 unspecified atom stereocenters. The van der Waals surface area contributed by atoms with E-state index < -0.39 is 32.5 Å². The van der Waals surface area contributed by atoms with Gasteiger partial charge in [0, 0.05) is 13.0 Å². The fourth-order valence-corrected chi connectivity index (χ4v) is 10.6. The molecule has 2 atom stereocenters. The molecule has 4 aromatic rings. The fraction of sp³-hybridized carbons (Fsp3) is 0.278. The van der Waals surface area contributed by atoms with Crippen LogP contribution in [0.15, 0.2) is 121 Å². The molecule has 0 N–H and O–H groups in total. The summed E-state index contributed by atoms with van der Waals surface area (Å²) >= 11 is 0. The van der Waals surface area contributed by atoms with Gasteiger partial charge >= 0.3 is 12.1 Å². The van der Waals surface area contributed by atoms with Crippen molar-refractivity contribution < 1.29 is 23.5 Å². The molecule has 0 saturated carbocycles. The number of nitrogens with zero attached hydrogens (tertiary/aromatic N) is 1. The first-order chi connectivity index (χ1) is 20.8. The summed E-state index contributed by atoms with van der Waals surface area (Å²) in [4.78, 5) is 28.5. The van der Waals surface area contributed by atoms with E-state index in [1.807, 2.05) is 97.1 Å². The number of ether oxygens (including phenoxy) is 2. The van der Waals surface area contributed by atoms with Gasteiger partial charge in [-0.25, -0.2) is 9.59 Å². The summed E-state index contributed by atoms with van der Waals surface area (Å²) in [6.45, 7) is 7.11. The third-order valence-electron chi connectivity index (χ3n) is 7.96. The van der Waals surface area contributed by atoms with Crippen molar-refractivity contribution in [2.75, 3.05) is 6.54 Å². The minimum absolute atomic E-state index is 0.113. The van der Waals surface area contributed by atoms with Gasteiger partial charge in [-0.1, -0.05) is 142 Å². The zero-order valence-corrected chi connectivity index (χ0v) is 26.0. The quantitative estimate of drug-likeness (QED) is 0.174. The third-order valence-corrected chi connectivity index (χ3v) is 13.1. The number of likely N-dealkylation sites (tertiary alicyclic amines) is 1. The number of carbonyl (C=O) groups is 2. The van der Waals surface area contributed by atoms with Crippen molar-refractivity contribution in [1.29, 1.82) is 0 Å². The maximum absolute atomic E-state index is 13.5. The number of rotatable bonds is 9. The molecular formula is C36H39NO5Si. The van der Waals surface area contributed by atoms with Gasteiger partial charge in [-0.2, -0.15) is 0 Å². The van der Waals surface area contributed by atoms with E-state index in [1.165, 1.54) is 4.90 Å². The lowest BCUT2D eigenvalue weighted by Crippen LogP contribution is -2.67. The highest BCUT2D eigenvalue weighted by Gasteiger charge is 2.54. The van der Waals surface area contributed by atoms with E-state index in [4.69, 9.17) is 13.9 Å². The lowest BCUT2D eigenvalue weighted by Gasteiger charge is -2.44. The molecule has 1 fully saturated rings. The Bertz CT molecular complexity index is 1370. The van der Waals surface area contributed by atoms with E-state index >= 15 is 0 Å². The normalized spacial score (nSPS) is 17.0. The second-order valence-electron chi connectivity index (χ2n) is 11.9. The van der Waals surface area contributed by atoms with Crippen LogP contribution in [0.2, 0.25) is 5.04 Å². The van der Waals surface area contributed by atoms with Crippen LogP contribution >= 0.6 is 0 Å². The van der Waals surface area contributed by atoms with Crippen LogP contribution in [0.1, 0.15) is 38.3 Å². The van der Waals surface area contributed by atoms with Gasteiger partial charge in [0.15, 0.2) is 0 Å². The Labute approximate surface area is 255 Å². The second-order valence-corrected chi connectivity index (χ2v) is 16.2. The Hall–Kier alpha value is -4.20. The molecule has 7 heteroatoms. The minimum Gasteiger partial charge on any atom is -0.459 e. The van der Waals surface area contributed by atoms with Crippen LogP contribution in [0.25, 0.3) is 0 Å². The monoisotopic (exact) mass is 593 g/mol. The van der Waals surface area contributed by atoms with Gasteiger partial charge in [0.1, 0.15) is 19.3 Å². The summed E-state index contributed by atoms with van der Waals surface area (Å²) < 4.78 is 18.7. The lowest BCUT2D eigenvalue weighted by atomic mass is 10.2. The number of amides is 1. The predicted octanol–water partition coefficient (Wildman–Crippen LogP) is 6.09.